The maximum absolute atomic E-state index is 10.9. The van der Waals surface area contributed by atoms with Gasteiger partial charge in [0.2, 0.25) is 0 Å². The van der Waals surface area contributed by atoms with E-state index < -0.39 is 4.92 Å². The van der Waals surface area contributed by atoms with Gasteiger partial charge in [0.25, 0.3) is 0 Å². The van der Waals surface area contributed by atoms with Crippen molar-refractivity contribution in [2.24, 2.45) is 0 Å². The summed E-state index contributed by atoms with van der Waals surface area (Å²) in [6, 6.07) is 4.72. The van der Waals surface area contributed by atoms with Gasteiger partial charge in [0, 0.05) is 6.07 Å². The van der Waals surface area contributed by atoms with E-state index in [9.17, 15) is 10.1 Å². The van der Waals surface area contributed by atoms with Gasteiger partial charge >= 0.3 is 5.69 Å². The molecular weight excluding hydrogens is 238 g/mol. The monoisotopic (exact) mass is 249 g/mol. The van der Waals surface area contributed by atoms with Gasteiger partial charge in [0.05, 0.1) is 24.8 Å². The minimum Gasteiger partial charge on any atom is -0.490 e. The molecule has 0 saturated carbocycles. The van der Waals surface area contributed by atoms with E-state index in [0.717, 1.165) is 0 Å². The number of aromatic nitrogens is 3. The highest BCUT2D eigenvalue weighted by atomic mass is 16.6. The van der Waals surface area contributed by atoms with E-state index in [2.05, 4.69) is 10.3 Å². The van der Waals surface area contributed by atoms with Crippen LogP contribution in [0.4, 0.5) is 11.5 Å². The number of ether oxygens (including phenoxy) is 1. The summed E-state index contributed by atoms with van der Waals surface area (Å²) in [4.78, 5) is 10.4. The Bertz CT molecular complexity index is 581. The second kappa shape index (κ2) is 4.70. The van der Waals surface area contributed by atoms with Crippen LogP contribution >= 0.6 is 0 Å². The maximum Gasteiger partial charge on any atom is 0.311 e. The summed E-state index contributed by atoms with van der Waals surface area (Å²) in [6.45, 7) is 0.356. The van der Waals surface area contributed by atoms with Crippen molar-refractivity contribution in [3.63, 3.8) is 0 Å². The summed E-state index contributed by atoms with van der Waals surface area (Å²) >= 11 is 0. The van der Waals surface area contributed by atoms with Crippen LogP contribution in [0.1, 0.15) is 5.56 Å². The first-order valence-corrected chi connectivity index (χ1v) is 5.07. The molecule has 2 rings (SSSR count). The topological polar surface area (TPSA) is 109 Å². The van der Waals surface area contributed by atoms with E-state index >= 15 is 0 Å². The molecule has 0 atom stereocenters. The number of benzene rings is 1. The van der Waals surface area contributed by atoms with Crippen LogP contribution in [0.25, 0.3) is 0 Å². The van der Waals surface area contributed by atoms with Crippen LogP contribution in [0.2, 0.25) is 0 Å². The number of hydrogen-bond donors (Lipinski definition) is 1. The van der Waals surface area contributed by atoms with Crippen LogP contribution in [-0.2, 0) is 6.54 Å². The molecule has 0 amide bonds. The third-order valence-electron chi connectivity index (χ3n) is 2.34. The predicted octanol–water partition coefficient (Wildman–Crippen LogP) is 0.825. The van der Waals surface area contributed by atoms with Crippen molar-refractivity contribution in [3.8, 4) is 5.75 Å². The highest BCUT2D eigenvalue weighted by Gasteiger charge is 2.15. The summed E-state index contributed by atoms with van der Waals surface area (Å²) in [6.07, 6.45) is 1.55. The first-order chi connectivity index (χ1) is 8.60. The van der Waals surface area contributed by atoms with Crippen LogP contribution in [0, 0.1) is 10.1 Å². The lowest BCUT2D eigenvalue weighted by atomic mass is 10.2. The molecule has 94 valence electrons. The van der Waals surface area contributed by atoms with Gasteiger partial charge in [0.15, 0.2) is 11.6 Å². The fourth-order valence-electron chi connectivity index (χ4n) is 1.55. The number of anilines is 1. The molecule has 1 aromatic heterocycles. The molecule has 0 bridgehead atoms. The van der Waals surface area contributed by atoms with Gasteiger partial charge < -0.3 is 10.5 Å². The number of methoxy groups -OCH3 is 1. The number of rotatable bonds is 4. The standard InChI is InChI=1S/C10H11N5O3/c1-18-9-3-2-7(4-8(9)15(16)17)5-14-6-10(11)12-13-14/h2-4,6H,5,11H2,1H3. The summed E-state index contributed by atoms with van der Waals surface area (Å²) in [5, 5.41) is 18.3. The highest BCUT2D eigenvalue weighted by molar-refractivity contribution is 5.48. The van der Waals surface area contributed by atoms with E-state index in [-0.39, 0.29) is 11.4 Å². The Labute approximate surface area is 102 Å². The number of nitro benzene ring substituents is 1. The van der Waals surface area contributed by atoms with E-state index in [0.29, 0.717) is 17.9 Å². The molecule has 0 aliphatic rings. The third-order valence-corrected chi connectivity index (χ3v) is 2.34. The molecule has 8 nitrogen and oxygen atoms in total. The molecule has 0 spiro atoms. The first-order valence-electron chi connectivity index (χ1n) is 5.07. The van der Waals surface area contributed by atoms with Crippen LogP contribution in [-0.4, -0.2) is 27.0 Å². The minimum atomic E-state index is -0.488. The summed E-state index contributed by atoms with van der Waals surface area (Å²) < 4.78 is 6.42. The SMILES string of the molecule is COc1ccc(Cn2cc(N)nn2)cc1[N+](=O)[O-]. The molecule has 0 fully saturated rings. The quantitative estimate of drug-likeness (QED) is 0.634. The molecule has 1 aromatic carbocycles. The lowest BCUT2D eigenvalue weighted by molar-refractivity contribution is -0.385. The van der Waals surface area contributed by atoms with Crippen molar-refractivity contribution < 1.29 is 9.66 Å². The molecule has 1 heterocycles. The Morgan fingerprint density at radius 3 is 2.89 bits per heavy atom. The molecule has 0 radical (unpaired) electrons. The van der Waals surface area contributed by atoms with Gasteiger partial charge in [-0.2, -0.15) is 0 Å². The van der Waals surface area contributed by atoms with Crippen LogP contribution in [0.3, 0.4) is 0 Å². The van der Waals surface area contributed by atoms with Crippen molar-refractivity contribution in [1.29, 1.82) is 0 Å². The Hall–Kier alpha value is -2.64. The van der Waals surface area contributed by atoms with Gasteiger partial charge in [-0.3, -0.25) is 10.1 Å². The number of hydrogen-bond acceptors (Lipinski definition) is 6. The zero-order chi connectivity index (χ0) is 13.1. The molecule has 0 unspecified atom stereocenters. The molecule has 0 aliphatic carbocycles. The fourth-order valence-corrected chi connectivity index (χ4v) is 1.55. The van der Waals surface area contributed by atoms with E-state index in [1.807, 2.05) is 0 Å². The van der Waals surface area contributed by atoms with Gasteiger partial charge in [-0.25, -0.2) is 4.68 Å². The molecule has 8 heteroatoms. The van der Waals surface area contributed by atoms with Crippen LogP contribution < -0.4 is 10.5 Å². The van der Waals surface area contributed by atoms with Gasteiger partial charge in [0.1, 0.15) is 0 Å². The van der Waals surface area contributed by atoms with E-state index in [1.165, 1.54) is 17.9 Å². The predicted molar refractivity (Wildman–Crippen MR) is 63.2 cm³/mol. The van der Waals surface area contributed by atoms with Crippen molar-refractivity contribution in [2.45, 2.75) is 6.54 Å². The number of nitrogens with two attached hydrogens (primary N) is 1. The fraction of sp³-hybridized carbons (Fsp3) is 0.200. The molecule has 2 N–H and O–H groups in total. The first kappa shape index (κ1) is 11.8. The molecule has 2 aromatic rings. The molecule has 0 saturated heterocycles. The lowest BCUT2D eigenvalue weighted by Gasteiger charge is -2.04. The third kappa shape index (κ3) is 2.37. The van der Waals surface area contributed by atoms with Crippen molar-refractivity contribution >= 4 is 11.5 Å². The molecule has 18 heavy (non-hydrogen) atoms. The van der Waals surface area contributed by atoms with Crippen molar-refractivity contribution in [3.05, 3.63) is 40.1 Å². The number of nitrogens with zero attached hydrogens (tertiary/aromatic N) is 4. The zero-order valence-corrected chi connectivity index (χ0v) is 9.61. The Kier molecular flexibility index (Phi) is 3.09. The zero-order valence-electron chi connectivity index (χ0n) is 9.61. The number of nitro groups is 1. The van der Waals surface area contributed by atoms with E-state index in [1.54, 1.807) is 18.3 Å². The van der Waals surface area contributed by atoms with Crippen LogP contribution in [0.5, 0.6) is 5.75 Å². The Morgan fingerprint density at radius 2 is 2.33 bits per heavy atom. The average molecular weight is 249 g/mol. The normalized spacial score (nSPS) is 10.3. The number of nitrogen functional groups attached to an aromatic ring is 1. The van der Waals surface area contributed by atoms with Gasteiger partial charge in [-0.1, -0.05) is 11.3 Å². The second-order valence-corrected chi connectivity index (χ2v) is 3.60. The summed E-state index contributed by atoms with van der Waals surface area (Å²) in [7, 11) is 1.39. The second-order valence-electron chi connectivity index (χ2n) is 3.60. The molecular formula is C10H11N5O3. The Morgan fingerprint density at radius 1 is 1.56 bits per heavy atom. The maximum atomic E-state index is 10.9. The minimum absolute atomic E-state index is 0.0805. The van der Waals surface area contributed by atoms with Crippen LogP contribution in [0.15, 0.2) is 24.4 Å². The van der Waals surface area contributed by atoms with Gasteiger partial charge in [-0.15, -0.1) is 5.10 Å². The average Bonchev–Trinajstić information content (AvgIpc) is 2.74. The molecule has 0 aliphatic heterocycles. The highest BCUT2D eigenvalue weighted by Crippen LogP contribution is 2.27. The lowest BCUT2D eigenvalue weighted by Crippen LogP contribution is -2.02. The summed E-state index contributed by atoms with van der Waals surface area (Å²) in [5.41, 5.74) is 6.07. The Balaban J connectivity index is 2.29. The van der Waals surface area contributed by atoms with E-state index in [4.69, 9.17) is 10.5 Å². The summed E-state index contributed by atoms with van der Waals surface area (Å²) in [5.74, 6) is 0.528. The van der Waals surface area contributed by atoms with Gasteiger partial charge in [-0.05, 0) is 11.6 Å². The van der Waals surface area contributed by atoms with Crippen molar-refractivity contribution in [1.82, 2.24) is 15.0 Å². The smallest absolute Gasteiger partial charge is 0.311 e. The largest absolute Gasteiger partial charge is 0.490 e. The van der Waals surface area contributed by atoms with Crippen molar-refractivity contribution in [2.75, 3.05) is 12.8 Å².